The van der Waals surface area contributed by atoms with Gasteiger partial charge in [0.2, 0.25) is 0 Å². The quantitative estimate of drug-likeness (QED) is 0.384. The van der Waals surface area contributed by atoms with E-state index in [4.69, 9.17) is 4.74 Å². The molecule has 0 aliphatic carbocycles. The molecule has 2 bridgehead atoms. The van der Waals surface area contributed by atoms with Gasteiger partial charge in [-0.15, -0.1) is 0 Å². The van der Waals surface area contributed by atoms with Crippen LogP contribution in [0.25, 0.3) is 0 Å². The summed E-state index contributed by atoms with van der Waals surface area (Å²) in [7, 11) is 0. The Morgan fingerprint density at radius 2 is 1.59 bits per heavy atom. The molecule has 0 aromatic heterocycles. The molecule has 2 fully saturated rings. The van der Waals surface area contributed by atoms with Crippen molar-refractivity contribution < 1.29 is 19.2 Å². The van der Waals surface area contributed by atoms with Crippen molar-refractivity contribution in [2.75, 3.05) is 5.43 Å². The highest BCUT2D eigenvalue weighted by Crippen LogP contribution is 2.44. The zero-order valence-corrected chi connectivity index (χ0v) is 11.2. The number of carbonyl (C=O) groups excluding carboxylic acids is 2. The number of carbonyl (C=O) groups is 2. The number of rotatable bonds is 3. The zero-order valence-electron chi connectivity index (χ0n) is 11.2. The largest absolute Gasteiger partial charge is 0.365 e. The van der Waals surface area contributed by atoms with E-state index >= 15 is 0 Å². The van der Waals surface area contributed by atoms with Crippen LogP contribution in [0.4, 0.5) is 11.4 Å². The third kappa shape index (κ3) is 1.67. The number of benzene rings is 1. The van der Waals surface area contributed by atoms with Crippen molar-refractivity contribution in [1.82, 2.24) is 5.01 Å². The molecule has 0 radical (unpaired) electrons. The van der Waals surface area contributed by atoms with Gasteiger partial charge >= 0.3 is 0 Å². The van der Waals surface area contributed by atoms with Crippen molar-refractivity contribution in [1.29, 1.82) is 0 Å². The summed E-state index contributed by atoms with van der Waals surface area (Å²) in [6.07, 6.45) is 2.95. The number of nitro groups is 1. The molecule has 3 aliphatic heterocycles. The van der Waals surface area contributed by atoms with Gasteiger partial charge in [-0.25, -0.2) is 0 Å². The van der Waals surface area contributed by atoms with Crippen LogP contribution in [0.15, 0.2) is 36.4 Å². The Balaban J connectivity index is 1.56. The number of nitrogens with one attached hydrogen (secondary N) is 1. The number of imide groups is 1. The molecule has 1 aromatic rings. The van der Waals surface area contributed by atoms with E-state index in [1.165, 1.54) is 24.3 Å². The first-order valence-corrected chi connectivity index (χ1v) is 6.79. The van der Waals surface area contributed by atoms with Crippen molar-refractivity contribution in [2.24, 2.45) is 11.8 Å². The first-order valence-electron chi connectivity index (χ1n) is 6.79. The second-order valence-electron chi connectivity index (χ2n) is 5.43. The Morgan fingerprint density at radius 1 is 1.05 bits per heavy atom. The fourth-order valence-electron chi connectivity index (χ4n) is 3.20. The number of anilines is 1. The van der Waals surface area contributed by atoms with Crippen LogP contribution in [-0.2, 0) is 14.3 Å². The molecule has 2 saturated heterocycles. The number of ether oxygens (including phenoxy) is 1. The van der Waals surface area contributed by atoms with Crippen molar-refractivity contribution in [3.8, 4) is 0 Å². The molecule has 8 heteroatoms. The summed E-state index contributed by atoms with van der Waals surface area (Å²) in [5, 5.41) is 11.6. The topological polar surface area (TPSA) is 102 Å². The van der Waals surface area contributed by atoms with Gasteiger partial charge in [-0.05, 0) is 12.1 Å². The molecule has 1 N–H and O–H groups in total. The predicted molar refractivity (Wildman–Crippen MR) is 73.4 cm³/mol. The number of hydrogen-bond acceptors (Lipinski definition) is 6. The molecule has 0 spiro atoms. The van der Waals surface area contributed by atoms with Crippen molar-refractivity contribution in [3.05, 3.63) is 46.5 Å². The minimum Gasteiger partial charge on any atom is -0.365 e. The summed E-state index contributed by atoms with van der Waals surface area (Å²) in [5.74, 6) is -1.61. The number of amides is 2. The Hall–Kier alpha value is -2.74. The van der Waals surface area contributed by atoms with Gasteiger partial charge in [0, 0.05) is 12.1 Å². The van der Waals surface area contributed by atoms with Crippen LogP contribution in [0.5, 0.6) is 0 Å². The van der Waals surface area contributed by atoms with Gasteiger partial charge in [-0.2, -0.15) is 5.01 Å². The summed E-state index contributed by atoms with van der Waals surface area (Å²) in [5.41, 5.74) is 3.11. The van der Waals surface area contributed by atoms with Gasteiger partial charge in [-0.3, -0.25) is 25.1 Å². The highest BCUT2D eigenvalue weighted by atomic mass is 16.6. The van der Waals surface area contributed by atoms with Crippen LogP contribution in [0.3, 0.4) is 0 Å². The second kappa shape index (κ2) is 4.38. The maximum absolute atomic E-state index is 12.4. The van der Waals surface area contributed by atoms with E-state index in [0.717, 1.165) is 5.01 Å². The monoisotopic (exact) mass is 301 g/mol. The van der Waals surface area contributed by atoms with Gasteiger partial charge in [0.15, 0.2) is 0 Å². The minimum absolute atomic E-state index is 0.0582. The van der Waals surface area contributed by atoms with E-state index in [1.54, 1.807) is 0 Å². The van der Waals surface area contributed by atoms with E-state index in [-0.39, 0.29) is 29.7 Å². The Labute approximate surface area is 124 Å². The fraction of sp³-hybridized carbons (Fsp3) is 0.286. The first kappa shape index (κ1) is 13.0. The number of nitrogens with zero attached hydrogens (tertiary/aromatic N) is 2. The normalized spacial score (nSPS) is 31.7. The number of nitro benzene ring substituents is 1. The molecule has 4 rings (SSSR count). The van der Waals surface area contributed by atoms with Gasteiger partial charge in [0.25, 0.3) is 17.5 Å². The number of fused-ring (bicyclic) bond motifs is 5. The SMILES string of the molecule is O=C1[C@@H]2[C@H](C(=O)N1Nc1ccc([N+](=O)[O-])cc1)[C@H]1C=C[C@@H]2O1. The summed E-state index contributed by atoms with van der Waals surface area (Å²) >= 11 is 0. The van der Waals surface area contributed by atoms with Crippen molar-refractivity contribution in [2.45, 2.75) is 12.2 Å². The average Bonchev–Trinajstić information content (AvgIpc) is 3.17. The minimum atomic E-state index is -0.513. The van der Waals surface area contributed by atoms with Gasteiger partial charge in [0.1, 0.15) is 0 Å². The van der Waals surface area contributed by atoms with Gasteiger partial charge in [0.05, 0.1) is 34.7 Å². The van der Waals surface area contributed by atoms with E-state index in [1.807, 2.05) is 12.2 Å². The molecule has 2 amide bonds. The van der Waals surface area contributed by atoms with E-state index < -0.39 is 16.8 Å². The van der Waals surface area contributed by atoms with Gasteiger partial charge < -0.3 is 4.74 Å². The lowest BCUT2D eigenvalue weighted by atomic mass is 9.85. The lowest BCUT2D eigenvalue weighted by Gasteiger charge is -2.19. The molecule has 22 heavy (non-hydrogen) atoms. The fourth-order valence-corrected chi connectivity index (χ4v) is 3.20. The van der Waals surface area contributed by atoms with Crippen LogP contribution in [0.1, 0.15) is 0 Å². The molecule has 3 heterocycles. The van der Waals surface area contributed by atoms with Crippen LogP contribution >= 0.6 is 0 Å². The van der Waals surface area contributed by atoms with Crippen molar-refractivity contribution in [3.63, 3.8) is 0 Å². The highest BCUT2D eigenvalue weighted by Gasteiger charge is 2.61. The van der Waals surface area contributed by atoms with Crippen LogP contribution in [0, 0.1) is 22.0 Å². The molecule has 3 aliphatic rings. The summed E-state index contributed by atoms with van der Waals surface area (Å²) in [6.45, 7) is 0. The summed E-state index contributed by atoms with van der Waals surface area (Å²) in [4.78, 5) is 34.9. The summed E-state index contributed by atoms with van der Waals surface area (Å²) < 4.78 is 5.54. The third-order valence-corrected chi connectivity index (χ3v) is 4.23. The zero-order chi connectivity index (χ0) is 15.4. The average molecular weight is 301 g/mol. The second-order valence-corrected chi connectivity index (χ2v) is 5.43. The molecule has 0 unspecified atom stereocenters. The number of non-ortho nitro benzene ring substituents is 1. The lowest BCUT2D eigenvalue weighted by Crippen LogP contribution is -2.38. The van der Waals surface area contributed by atoms with Crippen molar-refractivity contribution >= 4 is 23.2 Å². The molecule has 0 saturated carbocycles. The molecule has 112 valence electrons. The molecular formula is C14H11N3O5. The van der Waals surface area contributed by atoms with Crippen LogP contribution in [-0.4, -0.2) is 34.0 Å². The maximum Gasteiger partial charge on any atom is 0.269 e. The first-order chi connectivity index (χ1) is 10.6. The summed E-state index contributed by atoms with van der Waals surface area (Å²) in [6, 6.07) is 5.53. The smallest absolute Gasteiger partial charge is 0.269 e. The molecule has 1 aromatic carbocycles. The molecule has 8 nitrogen and oxygen atoms in total. The molecule has 4 atom stereocenters. The lowest BCUT2D eigenvalue weighted by molar-refractivity contribution is -0.384. The Kier molecular flexibility index (Phi) is 2.58. The predicted octanol–water partition coefficient (Wildman–Crippen LogP) is 0.860. The van der Waals surface area contributed by atoms with Gasteiger partial charge in [-0.1, -0.05) is 12.2 Å². The van der Waals surface area contributed by atoms with Crippen LogP contribution < -0.4 is 5.43 Å². The number of hydrazine groups is 1. The number of hydrogen-bond donors (Lipinski definition) is 1. The van der Waals surface area contributed by atoms with Crippen LogP contribution in [0.2, 0.25) is 0 Å². The Bertz CT molecular complexity index is 684. The van der Waals surface area contributed by atoms with E-state index in [2.05, 4.69) is 5.43 Å². The Morgan fingerprint density at radius 3 is 2.09 bits per heavy atom. The molecular weight excluding hydrogens is 290 g/mol. The van der Waals surface area contributed by atoms with E-state index in [9.17, 15) is 19.7 Å². The third-order valence-electron chi connectivity index (χ3n) is 4.23. The van der Waals surface area contributed by atoms with E-state index in [0.29, 0.717) is 5.69 Å². The highest BCUT2D eigenvalue weighted by molar-refractivity contribution is 6.07. The maximum atomic E-state index is 12.4. The standard InChI is InChI=1S/C14H11N3O5/c18-13-11-9-5-6-10(22-9)12(11)14(19)16(13)15-7-1-3-8(4-2-7)17(20)21/h1-6,9-12,15H/t9-,10+,11-,12+.